The van der Waals surface area contributed by atoms with Crippen LogP contribution in [0, 0.1) is 13.8 Å². The van der Waals surface area contributed by atoms with Crippen molar-refractivity contribution in [2.24, 2.45) is 0 Å². The monoisotopic (exact) mass is 393 g/mol. The van der Waals surface area contributed by atoms with Gasteiger partial charge in [-0.15, -0.1) is 0 Å². The van der Waals surface area contributed by atoms with Crippen molar-refractivity contribution in [3.63, 3.8) is 0 Å². The lowest BCUT2D eigenvalue weighted by Crippen LogP contribution is -2.12. The molecule has 8 nitrogen and oxygen atoms in total. The Kier molecular flexibility index (Phi) is 4.24. The maximum Gasteiger partial charge on any atom is 0.421 e. The predicted molar refractivity (Wildman–Crippen MR) is 94.5 cm³/mol. The zero-order valence-electron chi connectivity index (χ0n) is 15.4. The molecule has 0 saturated heterocycles. The number of anilines is 3. The minimum atomic E-state index is -4.53. The van der Waals surface area contributed by atoms with Crippen LogP contribution < -0.4 is 10.6 Å². The number of rotatable bonds is 4. The summed E-state index contributed by atoms with van der Waals surface area (Å²) in [5.74, 6) is 0.546. The molecule has 2 N–H and O–H groups in total. The Bertz CT molecular complexity index is 1020. The molecule has 1 atom stereocenters. The number of nitrogens with zero attached hydrogens (tertiary/aromatic N) is 5. The average molecular weight is 393 g/mol. The molecule has 0 saturated carbocycles. The van der Waals surface area contributed by atoms with Gasteiger partial charge >= 0.3 is 6.18 Å². The highest BCUT2D eigenvalue weighted by Crippen LogP contribution is 2.37. The molecule has 0 spiro atoms. The molecule has 0 bridgehead atoms. The molecule has 28 heavy (non-hydrogen) atoms. The lowest BCUT2D eigenvalue weighted by molar-refractivity contribution is -0.137. The fourth-order valence-corrected chi connectivity index (χ4v) is 3.36. The van der Waals surface area contributed by atoms with E-state index in [1.165, 1.54) is 7.05 Å². The van der Waals surface area contributed by atoms with Gasteiger partial charge in [-0.3, -0.25) is 4.68 Å². The van der Waals surface area contributed by atoms with E-state index in [0.29, 0.717) is 11.4 Å². The van der Waals surface area contributed by atoms with Crippen LogP contribution in [0.15, 0.2) is 16.9 Å². The molecule has 0 radical (unpaired) electrons. The number of alkyl halides is 3. The fraction of sp³-hybridized carbons (Fsp3) is 0.412. The van der Waals surface area contributed by atoms with Gasteiger partial charge in [-0.25, -0.2) is 4.98 Å². The molecule has 0 aliphatic heterocycles. The largest absolute Gasteiger partial charge is 0.421 e. The molecule has 3 aromatic heterocycles. The molecule has 3 heterocycles. The van der Waals surface area contributed by atoms with Gasteiger partial charge in [0.25, 0.3) is 0 Å². The Balaban J connectivity index is 1.60. The van der Waals surface area contributed by atoms with Gasteiger partial charge in [0.2, 0.25) is 5.95 Å². The Morgan fingerprint density at radius 3 is 2.75 bits per heavy atom. The molecule has 3 aromatic rings. The van der Waals surface area contributed by atoms with Crippen LogP contribution in [0.1, 0.15) is 40.7 Å². The van der Waals surface area contributed by atoms with Crippen LogP contribution in [0.4, 0.5) is 30.6 Å². The normalized spacial score (nSPS) is 16.3. The van der Waals surface area contributed by atoms with Crippen LogP contribution in [0.2, 0.25) is 0 Å². The summed E-state index contributed by atoms with van der Waals surface area (Å²) < 4.78 is 46.2. The van der Waals surface area contributed by atoms with Gasteiger partial charge in [-0.2, -0.15) is 23.3 Å². The number of hydrogen-bond donors (Lipinski definition) is 2. The first-order valence-electron chi connectivity index (χ1n) is 8.67. The number of hydrogen-bond acceptors (Lipinski definition) is 7. The third-order valence-corrected chi connectivity index (χ3v) is 4.80. The van der Waals surface area contributed by atoms with E-state index in [1.54, 1.807) is 17.8 Å². The lowest BCUT2D eigenvalue weighted by atomic mass is 10.2. The topological polar surface area (TPSA) is 93.7 Å². The van der Waals surface area contributed by atoms with E-state index in [4.69, 9.17) is 4.52 Å². The van der Waals surface area contributed by atoms with Gasteiger partial charge < -0.3 is 15.2 Å². The first kappa shape index (κ1) is 18.3. The number of fused-ring (bicyclic) bond motifs is 1. The molecule has 4 rings (SSSR count). The molecule has 148 valence electrons. The molecule has 1 unspecified atom stereocenters. The van der Waals surface area contributed by atoms with E-state index in [-0.39, 0.29) is 17.8 Å². The highest BCUT2D eigenvalue weighted by atomic mass is 19.4. The van der Waals surface area contributed by atoms with Crippen molar-refractivity contribution in [3.8, 4) is 0 Å². The summed E-state index contributed by atoms with van der Waals surface area (Å²) in [5, 5.41) is 13.9. The van der Waals surface area contributed by atoms with Gasteiger partial charge in [0.05, 0.1) is 17.1 Å². The van der Waals surface area contributed by atoms with E-state index in [9.17, 15) is 13.2 Å². The van der Waals surface area contributed by atoms with Crippen molar-refractivity contribution < 1.29 is 17.7 Å². The van der Waals surface area contributed by atoms with Crippen LogP contribution in [0.3, 0.4) is 0 Å². The van der Waals surface area contributed by atoms with Crippen molar-refractivity contribution in [2.45, 2.75) is 38.9 Å². The number of aryl methyl sites for hydroxylation is 2. The van der Waals surface area contributed by atoms with Crippen molar-refractivity contribution >= 4 is 17.5 Å². The number of aromatic nitrogens is 5. The van der Waals surface area contributed by atoms with Crippen LogP contribution in [0.5, 0.6) is 0 Å². The molecule has 0 fully saturated rings. The van der Waals surface area contributed by atoms with Crippen LogP contribution in [0.25, 0.3) is 0 Å². The van der Waals surface area contributed by atoms with Gasteiger partial charge in [-0.05, 0) is 26.7 Å². The van der Waals surface area contributed by atoms with Crippen molar-refractivity contribution in [3.05, 3.63) is 40.7 Å². The molecular formula is C17H18F3N7O. The summed E-state index contributed by atoms with van der Waals surface area (Å²) in [6.07, 6.45) is -0.301. The highest BCUT2D eigenvalue weighted by molar-refractivity contribution is 5.58. The average Bonchev–Trinajstić information content (AvgIpc) is 3.31. The van der Waals surface area contributed by atoms with Gasteiger partial charge in [0.15, 0.2) is 5.76 Å². The zero-order valence-corrected chi connectivity index (χ0v) is 15.4. The van der Waals surface area contributed by atoms with Crippen molar-refractivity contribution in [2.75, 3.05) is 17.7 Å². The minimum absolute atomic E-state index is 0.0441. The first-order valence-corrected chi connectivity index (χ1v) is 8.67. The Hall–Kier alpha value is -3.11. The predicted octanol–water partition coefficient (Wildman–Crippen LogP) is 3.62. The lowest BCUT2D eigenvalue weighted by Gasteiger charge is -2.12. The maximum absolute atomic E-state index is 13.0. The molecule has 0 aromatic carbocycles. The van der Waals surface area contributed by atoms with E-state index < -0.39 is 11.7 Å². The highest BCUT2D eigenvalue weighted by Gasteiger charge is 2.35. The zero-order chi connectivity index (χ0) is 20.1. The van der Waals surface area contributed by atoms with Crippen LogP contribution in [-0.2, 0) is 12.6 Å². The van der Waals surface area contributed by atoms with Gasteiger partial charge in [-0.1, -0.05) is 5.16 Å². The van der Waals surface area contributed by atoms with Crippen molar-refractivity contribution in [1.82, 2.24) is 24.9 Å². The molecular weight excluding hydrogens is 375 g/mol. The SMILES string of the molecule is CNc1nc(Nc2cn(C3CCc4c(C)noc43)nc2C)ncc1C(F)(F)F. The second-order valence-corrected chi connectivity index (χ2v) is 6.60. The number of halogens is 3. The summed E-state index contributed by atoms with van der Waals surface area (Å²) in [7, 11) is 1.38. The first-order chi connectivity index (χ1) is 13.3. The van der Waals surface area contributed by atoms with E-state index in [2.05, 4.69) is 30.9 Å². The summed E-state index contributed by atoms with van der Waals surface area (Å²) in [4.78, 5) is 7.71. The fourth-order valence-electron chi connectivity index (χ4n) is 3.36. The summed E-state index contributed by atoms with van der Waals surface area (Å²) >= 11 is 0. The van der Waals surface area contributed by atoms with E-state index in [1.807, 2.05) is 6.92 Å². The summed E-state index contributed by atoms with van der Waals surface area (Å²) in [6, 6.07) is -0.0631. The van der Waals surface area contributed by atoms with Gasteiger partial charge in [0.1, 0.15) is 17.4 Å². The van der Waals surface area contributed by atoms with Crippen LogP contribution >= 0.6 is 0 Å². The minimum Gasteiger partial charge on any atom is -0.372 e. The Morgan fingerprint density at radius 2 is 2.04 bits per heavy atom. The summed E-state index contributed by atoms with van der Waals surface area (Å²) in [5.41, 5.74) is 2.34. The Labute approximate surface area is 158 Å². The summed E-state index contributed by atoms with van der Waals surface area (Å²) in [6.45, 7) is 3.71. The number of nitrogens with one attached hydrogen (secondary N) is 2. The standard InChI is InChI=1S/C17H18F3N7O/c1-8-10-4-5-13(14(10)28-26-8)27-7-12(9(2)25-27)23-16-22-6-11(17(18,19)20)15(21-3)24-16/h6-7,13H,4-5H2,1-3H3,(H2,21,22,23,24). The Morgan fingerprint density at radius 1 is 1.25 bits per heavy atom. The quantitative estimate of drug-likeness (QED) is 0.699. The third kappa shape index (κ3) is 3.06. The molecule has 0 amide bonds. The van der Waals surface area contributed by atoms with E-state index in [0.717, 1.165) is 36.1 Å². The van der Waals surface area contributed by atoms with Gasteiger partial charge in [0, 0.05) is 25.0 Å². The maximum atomic E-state index is 13.0. The van der Waals surface area contributed by atoms with E-state index >= 15 is 0 Å². The molecule has 1 aliphatic rings. The second kappa shape index (κ2) is 6.50. The molecule has 1 aliphatic carbocycles. The molecule has 11 heteroatoms. The smallest absolute Gasteiger partial charge is 0.372 e. The van der Waals surface area contributed by atoms with Crippen molar-refractivity contribution in [1.29, 1.82) is 0 Å². The third-order valence-electron chi connectivity index (χ3n) is 4.80. The van der Waals surface area contributed by atoms with Crippen LogP contribution in [-0.4, -0.2) is 32.0 Å². The second-order valence-electron chi connectivity index (χ2n) is 6.60.